The van der Waals surface area contributed by atoms with Crippen molar-refractivity contribution in [2.75, 3.05) is 19.8 Å². The molecular formula is C16H17NO4. The normalized spacial score (nSPS) is 21.6. The molecule has 1 aliphatic heterocycles. The Morgan fingerprint density at radius 1 is 1.29 bits per heavy atom. The van der Waals surface area contributed by atoms with Gasteiger partial charge < -0.3 is 20.3 Å². The van der Waals surface area contributed by atoms with E-state index in [9.17, 15) is 15.0 Å². The summed E-state index contributed by atoms with van der Waals surface area (Å²) in [7, 11) is 0. The van der Waals surface area contributed by atoms with Gasteiger partial charge in [-0.3, -0.25) is 4.79 Å². The molecule has 21 heavy (non-hydrogen) atoms. The van der Waals surface area contributed by atoms with Crippen LogP contribution in [-0.4, -0.2) is 41.5 Å². The number of aromatic hydroxyl groups is 1. The Bertz CT molecular complexity index is 677. The molecule has 3 N–H and O–H groups in total. The molecule has 0 spiro atoms. The van der Waals surface area contributed by atoms with Crippen LogP contribution in [-0.2, 0) is 4.74 Å². The first kappa shape index (κ1) is 13.9. The zero-order chi connectivity index (χ0) is 14.9. The molecule has 5 nitrogen and oxygen atoms in total. The van der Waals surface area contributed by atoms with Gasteiger partial charge in [0.05, 0.1) is 12.2 Å². The molecule has 0 radical (unpaired) electrons. The minimum absolute atomic E-state index is 0.0414. The van der Waals surface area contributed by atoms with Gasteiger partial charge in [0.15, 0.2) is 0 Å². The predicted molar refractivity (Wildman–Crippen MR) is 78.3 cm³/mol. The number of carbonyl (C=O) groups is 1. The first-order chi connectivity index (χ1) is 10.1. The second-order valence-electron chi connectivity index (χ2n) is 5.39. The summed E-state index contributed by atoms with van der Waals surface area (Å²) < 4.78 is 5.13. The lowest BCUT2D eigenvalue weighted by atomic mass is 10.0. The highest BCUT2D eigenvalue weighted by Gasteiger charge is 2.32. The number of nitrogens with one attached hydrogen (secondary N) is 1. The van der Waals surface area contributed by atoms with Gasteiger partial charge in [0.25, 0.3) is 5.91 Å². The minimum Gasteiger partial charge on any atom is -0.506 e. The van der Waals surface area contributed by atoms with E-state index in [1.807, 2.05) is 18.2 Å². The Morgan fingerprint density at radius 2 is 2.10 bits per heavy atom. The Kier molecular flexibility index (Phi) is 3.53. The Morgan fingerprint density at radius 3 is 2.86 bits per heavy atom. The first-order valence-electron chi connectivity index (χ1n) is 6.88. The number of hydrogen-bond acceptors (Lipinski definition) is 4. The summed E-state index contributed by atoms with van der Waals surface area (Å²) >= 11 is 0. The average molecular weight is 287 g/mol. The fourth-order valence-electron chi connectivity index (χ4n) is 2.51. The minimum atomic E-state index is -1.01. The van der Waals surface area contributed by atoms with Crippen LogP contribution in [0.15, 0.2) is 36.4 Å². The van der Waals surface area contributed by atoms with Gasteiger partial charge in [0.2, 0.25) is 0 Å². The molecule has 5 heteroatoms. The lowest BCUT2D eigenvalue weighted by molar-refractivity contribution is 0.0264. The van der Waals surface area contributed by atoms with Gasteiger partial charge in [-0.1, -0.05) is 30.3 Å². The third-order valence-electron chi connectivity index (χ3n) is 3.81. The maximum Gasteiger partial charge on any atom is 0.255 e. The number of carbonyl (C=O) groups excluding carboxylic acids is 1. The van der Waals surface area contributed by atoms with Crippen molar-refractivity contribution in [3.8, 4) is 5.75 Å². The van der Waals surface area contributed by atoms with E-state index in [0.29, 0.717) is 18.4 Å². The Labute approximate surface area is 122 Å². The highest BCUT2D eigenvalue weighted by atomic mass is 16.5. The van der Waals surface area contributed by atoms with E-state index < -0.39 is 11.5 Å². The van der Waals surface area contributed by atoms with Crippen molar-refractivity contribution in [2.24, 2.45) is 0 Å². The number of amides is 1. The molecular weight excluding hydrogens is 270 g/mol. The van der Waals surface area contributed by atoms with Gasteiger partial charge in [0.1, 0.15) is 11.4 Å². The van der Waals surface area contributed by atoms with Crippen molar-refractivity contribution < 1.29 is 19.7 Å². The topological polar surface area (TPSA) is 78.8 Å². The summed E-state index contributed by atoms with van der Waals surface area (Å²) in [6, 6.07) is 10.7. The van der Waals surface area contributed by atoms with E-state index in [0.717, 1.165) is 5.39 Å². The van der Waals surface area contributed by atoms with Gasteiger partial charge in [-0.25, -0.2) is 0 Å². The number of rotatable bonds is 3. The Hall–Kier alpha value is -2.11. The van der Waals surface area contributed by atoms with Crippen LogP contribution in [0.3, 0.4) is 0 Å². The highest BCUT2D eigenvalue weighted by Crippen LogP contribution is 2.28. The standard InChI is InChI=1S/C16H17NO4/c18-14-12-4-2-1-3-11(12)5-6-13(14)15(19)17-9-16(20)7-8-21-10-16/h1-6,18,20H,7-10H2,(H,17,19). The number of phenolic OH excluding ortho intramolecular Hbond substituents is 1. The van der Waals surface area contributed by atoms with Crippen molar-refractivity contribution in [3.05, 3.63) is 42.0 Å². The van der Waals surface area contributed by atoms with Crippen molar-refractivity contribution in [2.45, 2.75) is 12.0 Å². The van der Waals surface area contributed by atoms with Crippen molar-refractivity contribution in [1.82, 2.24) is 5.32 Å². The smallest absolute Gasteiger partial charge is 0.255 e. The van der Waals surface area contributed by atoms with E-state index in [2.05, 4.69) is 5.32 Å². The fraction of sp³-hybridized carbons (Fsp3) is 0.312. The van der Waals surface area contributed by atoms with Gasteiger partial charge >= 0.3 is 0 Å². The van der Waals surface area contributed by atoms with Crippen molar-refractivity contribution in [1.29, 1.82) is 0 Å². The average Bonchev–Trinajstić information content (AvgIpc) is 2.93. The number of ether oxygens (including phenoxy) is 1. The maximum atomic E-state index is 12.2. The van der Waals surface area contributed by atoms with Crippen LogP contribution in [0.25, 0.3) is 10.8 Å². The molecule has 1 fully saturated rings. The summed E-state index contributed by atoms with van der Waals surface area (Å²) in [6.07, 6.45) is 0.497. The van der Waals surface area contributed by atoms with Crippen LogP contribution < -0.4 is 5.32 Å². The maximum absolute atomic E-state index is 12.2. The largest absolute Gasteiger partial charge is 0.506 e. The van der Waals surface area contributed by atoms with Crippen molar-refractivity contribution in [3.63, 3.8) is 0 Å². The first-order valence-corrected chi connectivity index (χ1v) is 6.88. The molecule has 0 aliphatic carbocycles. The third kappa shape index (κ3) is 2.70. The number of aliphatic hydroxyl groups is 1. The summed E-state index contributed by atoms with van der Waals surface area (Å²) in [6.45, 7) is 0.822. The molecule has 3 rings (SSSR count). The van der Waals surface area contributed by atoms with Crippen LogP contribution in [0.2, 0.25) is 0 Å². The van der Waals surface area contributed by atoms with E-state index in [4.69, 9.17) is 4.74 Å². The highest BCUT2D eigenvalue weighted by molar-refractivity contribution is 6.03. The van der Waals surface area contributed by atoms with Crippen LogP contribution in [0.5, 0.6) is 5.75 Å². The second kappa shape index (κ2) is 5.35. The molecule has 1 heterocycles. The summed E-state index contributed by atoms with van der Waals surface area (Å²) in [5.41, 5.74) is -0.807. The van der Waals surface area contributed by atoms with Gasteiger partial charge in [-0.15, -0.1) is 0 Å². The number of hydrogen-bond donors (Lipinski definition) is 3. The summed E-state index contributed by atoms with van der Waals surface area (Å²) in [5, 5.41) is 24.5. The summed E-state index contributed by atoms with van der Waals surface area (Å²) in [5.74, 6) is -0.446. The monoisotopic (exact) mass is 287 g/mol. The van der Waals surface area contributed by atoms with Gasteiger partial charge in [-0.05, 0) is 11.5 Å². The quantitative estimate of drug-likeness (QED) is 0.798. The molecule has 0 saturated carbocycles. The third-order valence-corrected chi connectivity index (χ3v) is 3.81. The van der Waals surface area contributed by atoms with Crippen LogP contribution in [0, 0.1) is 0 Å². The van der Waals surface area contributed by atoms with Crippen LogP contribution >= 0.6 is 0 Å². The van der Waals surface area contributed by atoms with E-state index in [1.165, 1.54) is 0 Å². The molecule has 2 aromatic rings. The number of benzene rings is 2. The number of phenols is 1. The zero-order valence-electron chi connectivity index (χ0n) is 11.5. The molecule has 0 bridgehead atoms. The molecule has 0 aromatic heterocycles. The zero-order valence-corrected chi connectivity index (χ0v) is 11.5. The second-order valence-corrected chi connectivity index (χ2v) is 5.39. The number of fused-ring (bicyclic) bond motifs is 1. The van der Waals surface area contributed by atoms with Crippen LogP contribution in [0.4, 0.5) is 0 Å². The molecule has 110 valence electrons. The molecule has 1 atom stereocenters. The van der Waals surface area contributed by atoms with E-state index in [-0.39, 0.29) is 24.5 Å². The van der Waals surface area contributed by atoms with E-state index in [1.54, 1.807) is 18.2 Å². The summed E-state index contributed by atoms with van der Waals surface area (Å²) in [4.78, 5) is 12.2. The Balaban J connectivity index is 1.80. The predicted octanol–water partition coefficient (Wildman–Crippen LogP) is 1.43. The van der Waals surface area contributed by atoms with E-state index >= 15 is 0 Å². The van der Waals surface area contributed by atoms with Gasteiger partial charge in [-0.2, -0.15) is 0 Å². The molecule has 1 amide bonds. The lowest BCUT2D eigenvalue weighted by Crippen LogP contribution is -2.43. The van der Waals surface area contributed by atoms with Gasteiger partial charge in [0, 0.05) is 25.0 Å². The van der Waals surface area contributed by atoms with Crippen molar-refractivity contribution >= 4 is 16.7 Å². The molecule has 2 aromatic carbocycles. The molecule has 1 saturated heterocycles. The lowest BCUT2D eigenvalue weighted by Gasteiger charge is -2.20. The fourth-order valence-corrected chi connectivity index (χ4v) is 2.51. The molecule has 1 aliphatic rings. The SMILES string of the molecule is O=C(NCC1(O)CCOC1)c1ccc2ccccc2c1O. The van der Waals surface area contributed by atoms with Crippen LogP contribution in [0.1, 0.15) is 16.8 Å². The molecule has 1 unspecified atom stereocenters.